The van der Waals surface area contributed by atoms with Gasteiger partial charge in [0.2, 0.25) is 5.91 Å². The molecule has 0 aromatic rings. The van der Waals surface area contributed by atoms with Crippen molar-refractivity contribution >= 4 is 5.91 Å². The molecule has 3 rings (SSSR count). The smallest absolute Gasteiger partial charge is 0.224 e. The standard InChI is InChI=1S/C13H20N4O/c14-7-13(15,9-3-4-9)8-17-5-1-2-10-11(17)6-16-12(10)18/h9-11H,1-6,8,15H2,(H,16,18). The van der Waals surface area contributed by atoms with Gasteiger partial charge in [-0.25, -0.2) is 0 Å². The number of nitriles is 1. The van der Waals surface area contributed by atoms with Gasteiger partial charge in [0.25, 0.3) is 0 Å². The van der Waals surface area contributed by atoms with Gasteiger partial charge in [0, 0.05) is 19.1 Å². The summed E-state index contributed by atoms with van der Waals surface area (Å²) >= 11 is 0. The van der Waals surface area contributed by atoms with Crippen LogP contribution in [0.4, 0.5) is 0 Å². The molecule has 5 heteroatoms. The van der Waals surface area contributed by atoms with Crippen LogP contribution >= 0.6 is 0 Å². The molecule has 5 nitrogen and oxygen atoms in total. The fourth-order valence-corrected chi connectivity index (χ4v) is 3.43. The molecule has 1 aliphatic carbocycles. The molecule has 2 heterocycles. The summed E-state index contributed by atoms with van der Waals surface area (Å²) in [4.78, 5) is 14.0. The minimum atomic E-state index is -0.715. The van der Waals surface area contributed by atoms with Crippen LogP contribution < -0.4 is 11.1 Å². The first-order valence-corrected chi connectivity index (χ1v) is 6.86. The van der Waals surface area contributed by atoms with E-state index in [1.165, 1.54) is 0 Å². The zero-order valence-corrected chi connectivity index (χ0v) is 10.6. The first-order valence-electron chi connectivity index (χ1n) is 6.86. The molecule has 1 amide bonds. The number of nitrogens with one attached hydrogen (secondary N) is 1. The quantitative estimate of drug-likeness (QED) is 0.726. The number of hydrogen-bond donors (Lipinski definition) is 2. The van der Waals surface area contributed by atoms with Crippen LogP contribution in [0.3, 0.4) is 0 Å². The van der Waals surface area contributed by atoms with E-state index in [0.717, 1.165) is 38.8 Å². The number of carbonyl (C=O) groups excluding carboxylic acids is 1. The van der Waals surface area contributed by atoms with E-state index >= 15 is 0 Å². The number of likely N-dealkylation sites (tertiary alicyclic amines) is 1. The maximum absolute atomic E-state index is 11.7. The third-order valence-electron chi connectivity index (χ3n) is 4.69. The molecule has 3 fully saturated rings. The van der Waals surface area contributed by atoms with Crippen LogP contribution in [0, 0.1) is 23.2 Å². The van der Waals surface area contributed by atoms with E-state index < -0.39 is 5.54 Å². The third kappa shape index (κ3) is 1.90. The van der Waals surface area contributed by atoms with Gasteiger partial charge in [-0.2, -0.15) is 5.26 Å². The molecule has 3 unspecified atom stereocenters. The van der Waals surface area contributed by atoms with Gasteiger partial charge in [0.05, 0.1) is 12.0 Å². The fraction of sp³-hybridized carbons (Fsp3) is 0.846. The van der Waals surface area contributed by atoms with Gasteiger partial charge in [0.15, 0.2) is 0 Å². The normalized spacial score (nSPS) is 35.4. The molecule has 18 heavy (non-hydrogen) atoms. The van der Waals surface area contributed by atoms with Crippen molar-refractivity contribution in [1.82, 2.24) is 10.2 Å². The summed E-state index contributed by atoms with van der Waals surface area (Å²) < 4.78 is 0. The second-order valence-electron chi connectivity index (χ2n) is 5.96. The van der Waals surface area contributed by atoms with Crippen LogP contribution in [-0.4, -0.2) is 42.0 Å². The lowest BCUT2D eigenvalue weighted by Crippen LogP contribution is -2.56. The topological polar surface area (TPSA) is 82.2 Å². The van der Waals surface area contributed by atoms with E-state index in [4.69, 9.17) is 5.73 Å². The van der Waals surface area contributed by atoms with Crippen LogP contribution in [0.2, 0.25) is 0 Å². The minimum absolute atomic E-state index is 0.112. The molecular weight excluding hydrogens is 228 g/mol. The number of rotatable bonds is 3. The highest BCUT2D eigenvalue weighted by molar-refractivity contribution is 5.82. The number of fused-ring (bicyclic) bond motifs is 1. The van der Waals surface area contributed by atoms with Crippen LogP contribution in [0.1, 0.15) is 25.7 Å². The summed E-state index contributed by atoms with van der Waals surface area (Å²) in [5.74, 6) is 0.643. The Morgan fingerprint density at radius 1 is 1.50 bits per heavy atom. The Morgan fingerprint density at radius 2 is 2.28 bits per heavy atom. The minimum Gasteiger partial charge on any atom is -0.354 e. The lowest BCUT2D eigenvalue weighted by Gasteiger charge is -2.39. The zero-order chi connectivity index (χ0) is 12.8. The summed E-state index contributed by atoms with van der Waals surface area (Å²) in [6.45, 7) is 2.30. The van der Waals surface area contributed by atoms with Gasteiger partial charge >= 0.3 is 0 Å². The average Bonchev–Trinajstić information content (AvgIpc) is 3.16. The summed E-state index contributed by atoms with van der Waals surface area (Å²) in [6, 6.07) is 2.56. The first-order chi connectivity index (χ1) is 8.64. The van der Waals surface area contributed by atoms with Gasteiger partial charge in [-0.1, -0.05) is 0 Å². The third-order valence-corrected chi connectivity index (χ3v) is 4.69. The predicted octanol–water partition coefficient (Wildman–Crippen LogP) is -0.172. The van der Waals surface area contributed by atoms with Crippen LogP contribution in [-0.2, 0) is 4.79 Å². The van der Waals surface area contributed by atoms with E-state index in [1.54, 1.807) is 0 Å². The zero-order valence-electron chi connectivity index (χ0n) is 10.6. The lowest BCUT2D eigenvalue weighted by molar-refractivity contribution is -0.124. The highest BCUT2D eigenvalue weighted by atomic mass is 16.2. The highest BCUT2D eigenvalue weighted by Crippen LogP contribution is 2.39. The number of nitrogens with zero attached hydrogens (tertiary/aromatic N) is 2. The molecule has 3 N–H and O–H groups in total. The summed E-state index contributed by atoms with van der Waals surface area (Å²) in [7, 11) is 0. The Bertz CT molecular complexity index is 400. The van der Waals surface area contributed by atoms with Crippen molar-refractivity contribution in [3.63, 3.8) is 0 Å². The van der Waals surface area contributed by atoms with Gasteiger partial charge < -0.3 is 11.1 Å². The Labute approximate surface area is 107 Å². The number of carbonyl (C=O) groups is 1. The Kier molecular flexibility index (Phi) is 2.80. The van der Waals surface area contributed by atoms with Crippen molar-refractivity contribution in [3.8, 4) is 6.07 Å². The monoisotopic (exact) mass is 248 g/mol. The Morgan fingerprint density at radius 3 is 2.94 bits per heavy atom. The van der Waals surface area contributed by atoms with Crippen molar-refractivity contribution in [3.05, 3.63) is 0 Å². The molecule has 2 saturated heterocycles. The van der Waals surface area contributed by atoms with E-state index in [0.29, 0.717) is 12.5 Å². The van der Waals surface area contributed by atoms with Gasteiger partial charge in [-0.3, -0.25) is 9.69 Å². The second-order valence-corrected chi connectivity index (χ2v) is 5.96. The summed E-state index contributed by atoms with van der Waals surface area (Å²) in [5, 5.41) is 12.3. The SMILES string of the molecule is N#CC(N)(CN1CCCC2C(=O)NCC21)C1CC1. The number of amides is 1. The van der Waals surface area contributed by atoms with Gasteiger partial charge in [-0.05, 0) is 38.1 Å². The predicted molar refractivity (Wildman–Crippen MR) is 66.4 cm³/mol. The lowest BCUT2D eigenvalue weighted by atomic mass is 9.88. The maximum Gasteiger partial charge on any atom is 0.224 e. The number of hydrogen-bond acceptors (Lipinski definition) is 4. The molecule has 0 aromatic heterocycles. The molecule has 3 atom stereocenters. The number of nitrogens with two attached hydrogens (primary N) is 1. The van der Waals surface area contributed by atoms with Gasteiger partial charge in [0.1, 0.15) is 5.54 Å². The summed E-state index contributed by atoms with van der Waals surface area (Å²) in [5.41, 5.74) is 5.53. The van der Waals surface area contributed by atoms with E-state index in [1.807, 2.05) is 0 Å². The van der Waals surface area contributed by atoms with Crippen molar-refractivity contribution in [1.29, 1.82) is 5.26 Å². The van der Waals surface area contributed by atoms with Crippen molar-refractivity contribution in [2.75, 3.05) is 19.6 Å². The molecule has 3 aliphatic rings. The van der Waals surface area contributed by atoms with Crippen molar-refractivity contribution in [2.45, 2.75) is 37.3 Å². The first kappa shape index (κ1) is 11.9. The van der Waals surface area contributed by atoms with E-state index in [9.17, 15) is 10.1 Å². The van der Waals surface area contributed by atoms with E-state index in [2.05, 4.69) is 16.3 Å². The van der Waals surface area contributed by atoms with Crippen LogP contribution in [0.15, 0.2) is 0 Å². The molecule has 98 valence electrons. The number of piperidine rings is 1. The van der Waals surface area contributed by atoms with E-state index in [-0.39, 0.29) is 17.9 Å². The van der Waals surface area contributed by atoms with Crippen LogP contribution in [0.5, 0.6) is 0 Å². The second kappa shape index (κ2) is 4.22. The maximum atomic E-state index is 11.7. The summed E-state index contributed by atoms with van der Waals surface area (Å²) in [6.07, 6.45) is 4.15. The fourth-order valence-electron chi connectivity index (χ4n) is 3.43. The van der Waals surface area contributed by atoms with Crippen LogP contribution in [0.25, 0.3) is 0 Å². The molecule has 0 aromatic carbocycles. The molecule has 1 saturated carbocycles. The van der Waals surface area contributed by atoms with Crippen molar-refractivity contribution in [2.24, 2.45) is 17.6 Å². The molecular formula is C13H20N4O. The largest absolute Gasteiger partial charge is 0.354 e. The highest BCUT2D eigenvalue weighted by Gasteiger charge is 2.47. The molecule has 0 spiro atoms. The Balaban J connectivity index is 1.72. The Hall–Kier alpha value is -1.12. The molecule has 0 bridgehead atoms. The molecule has 0 radical (unpaired) electrons. The van der Waals surface area contributed by atoms with Crippen molar-refractivity contribution < 1.29 is 4.79 Å². The molecule has 2 aliphatic heterocycles. The average molecular weight is 248 g/mol. The van der Waals surface area contributed by atoms with Gasteiger partial charge in [-0.15, -0.1) is 0 Å².